The van der Waals surface area contributed by atoms with Crippen molar-refractivity contribution in [2.45, 2.75) is 26.3 Å². The maximum atomic E-state index is 12.4. The van der Waals surface area contributed by atoms with Crippen molar-refractivity contribution in [3.05, 3.63) is 28.8 Å². The second-order valence-corrected chi connectivity index (χ2v) is 8.41. The number of benzene rings is 1. The highest BCUT2D eigenvalue weighted by Crippen LogP contribution is 2.28. The number of nitrogens with zero attached hydrogens (tertiary/aromatic N) is 2. The SMILES string of the molecule is Cc1ccc(Cl)cc1N([C@@H](C)C(=O)NCCCN(C)C)S(C)(=O)=O. The van der Waals surface area contributed by atoms with E-state index in [4.69, 9.17) is 11.6 Å². The summed E-state index contributed by atoms with van der Waals surface area (Å²) < 4.78 is 25.6. The minimum absolute atomic E-state index is 0.335. The summed E-state index contributed by atoms with van der Waals surface area (Å²) in [5, 5.41) is 3.21. The van der Waals surface area contributed by atoms with Crippen LogP contribution in [0.1, 0.15) is 18.9 Å². The molecular weight excluding hydrogens is 350 g/mol. The van der Waals surface area contributed by atoms with Gasteiger partial charge in [-0.2, -0.15) is 0 Å². The molecule has 8 heteroatoms. The fourth-order valence-corrected chi connectivity index (χ4v) is 3.75. The zero-order valence-electron chi connectivity index (χ0n) is 14.8. The number of aryl methyl sites for hydroxylation is 1. The van der Waals surface area contributed by atoms with Crippen molar-refractivity contribution in [1.82, 2.24) is 10.2 Å². The first-order valence-corrected chi connectivity index (χ1v) is 9.94. The zero-order valence-corrected chi connectivity index (χ0v) is 16.4. The Balaban J connectivity index is 2.97. The lowest BCUT2D eigenvalue weighted by Crippen LogP contribution is -2.48. The minimum Gasteiger partial charge on any atom is -0.354 e. The predicted molar refractivity (Wildman–Crippen MR) is 99.2 cm³/mol. The summed E-state index contributed by atoms with van der Waals surface area (Å²) in [5.41, 5.74) is 1.15. The van der Waals surface area contributed by atoms with Crippen molar-refractivity contribution >= 4 is 33.2 Å². The standard InChI is InChI=1S/C16H26ClN3O3S/c1-12-7-8-14(17)11-15(12)20(24(5,22)23)13(2)16(21)18-9-6-10-19(3)4/h7-8,11,13H,6,9-10H2,1-5H3,(H,18,21)/t13-/m0/s1. The number of anilines is 1. The topological polar surface area (TPSA) is 69.7 Å². The van der Waals surface area contributed by atoms with Crippen molar-refractivity contribution < 1.29 is 13.2 Å². The molecule has 0 saturated heterocycles. The molecule has 24 heavy (non-hydrogen) atoms. The lowest BCUT2D eigenvalue weighted by molar-refractivity contribution is -0.121. The lowest BCUT2D eigenvalue weighted by atomic mass is 10.2. The van der Waals surface area contributed by atoms with Gasteiger partial charge in [0.1, 0.15) is 6.04 Å². The van der Waals surface area contributed by atoms with E-state index in [2.05, 4.69) is 5.32 Å². The molecule has 0 radical (unpaired) electrons. The highest BCUT2D eigenvalue weighted by molar-refractivity contribution is 7.92. The molecule has 0 aliphatic heterocycles. The highest BCUT2D eigenvalue weighted by atomic mass is 35.5. The summed E-state index contributed by atoms with van der Waals surface area (Å²) in [6, 6.07) is 4.12. The minimum atomic E-state index is -3.64. The predicted octanol–water partition coefficient (Wildman–Crippen LogP) is 1.87. The number of sulfonamides is 1. The third-order valence-electron chi connectivity index (χ3n) is 3.58. The van der Waals surface area contributed by atoms with Gasteiger partial charge in [0, 0.05) is 11.6 Å². The second-order valence-electron chi connectivity index (χ2n) is 6.11. The summed E-state index contributed by atoms with van der Waals surface area (Å²) >= 11 is 6.00. The van der Waals surface area contributed by atoms with Crippen LogP contribution in [0.2, 0.25) is 5.02 Å². The van der Waals surface area contributed by atoms with Crippen LogP contribution in [-0.4, -0.2) is 58.7 Å². The Morgan fingerprint density at radius 3 is 2.50 bits per heavy atom. The summed E-state index contributed by atoms with van der Waals surface area (Å²) in [5.74, 6) is -0.335. The Kier molecular flexibility index (Phi) is 7.51. The summed E-state index contributed by atoms with van der Waals surface area (Å²) in [4.78, 5) is 14.4. The maximum Gasteiger partial charge on any atom is 0.243 e. The van der Waals surface area contributed by atoms with Crippen LogP contribution in [0.4, 0.5) is 5.69 Å². The van der Waals surface area contributed by atoms with Crippen molar-refractivity contribution in [2.75, 3.05) is 37.7 Å². The lowest BCUT2D eigenvalue weighted by Gasteiger charge is -2.29. The van der Waals surface area contributed by atoms with Gasteiger partial charge in [-0.3, -0.25) is 9.10 Å². The van der Waals surface area contributed by atoms with Crippen molar-refractivity contribution in [3.63, 3.8) is 0 Å². The monoisotopic (exact) mass is 375 g/mol. The largest absolute Gasteiger partial charge is 0.354 e. The van der Waals surface area contributed by atoms with Crippen molar-refractivity contribution in [3.8, 4) is 0 Å². The van der Waals surface area contributed by atoms with Crippen LogP contribution in [-0.2, 0) is 14.8 Å². The van der Waals surface area contributed by atoms with Gasteiger partial charge in [-0.15, -0.1) is 0 Å². The number of amides is 1. The number of hydrogen-bond acceptors (Lipinski definition) is 4. The third-order valence-corrected chi connectivity index (χ3v) is 5.04. The van der Waals surface area contributed by atoms with Crippen molar-refractivity contribution in [1.29, 1.82) is 0 Å². The number of nitrogens with one attached hydrogen (secondary N) is 1. The molecule has 0 fully saturated rings. The molecule has 1 rings (SSSR count). The van der Waals surface area contributed by atoms with E-state index in [-0.39, 0.29) is 5.91 Å². The van der Waals surface area contributed by atoms with Crippen LogP contribution >= 0.6 is 11.6 Å². The van der Waals surface area contributed by atoms with E-state index in [1.807, 2.05) is 19.0 Å². The molecule has 0 aromatic heterocycles. The molecular formula is C16H26ClN3O3S. The smallest absolute Gasteiger partial charge is 0.243 e. The molecule has 1 aromatic carbocycles. The van der Waals surface area contributed by atoms with E-state index in [1.54, 1.807) is 32.0 Å². The van der Waals surface area contributed by atoms with E-state index in [9.17, 15) is 13.2 Å². The molecule has 0 spiro atoms. The Morgan fingerprint density at radius 2 is 1.96 bits per heavy atom. The quantitative estimate of drug-likeness (QED) is 0.704. The van der Waals surface area contributed by atoms with Gasteiger partial charge in [0.25, 0.3) is 0 Å². The Labute approximate surface area is 149 Å². The molecule has 0 aliphatic carbocycles. The number of carbonyl (C=O) groups excluding carboxylic acids is 1. The van der Waals surface area contributed by atoms with Crippen LogP contribution < -0.4 is 9.62 Å². The number of carbonyl (C=O) groups is 1. The summed E-state index contributed by atoms with van der Waals surface area (Å²) in [7, 11) is 0.272. The fourth-order valence-electron chi connectivity index (χ4n) is 2.36. The number of rotatable bonds is 8. The molecule has 1 aromatic rings. The number of halogens is 1. The van der Waals surface area contributed by atoms with Crippen LogP contribution in [0, 0.1) is 6.92 Å². The van der Waals surface area contributed by atoms with Gasteiger partial charge < -0.3 is 10.2 Å². The van der Waals surface area contributed by atoms with E-state index in [0.717, 1.165) is 29.1 Å². The Hall–Kier alpha value is -1.31. The third kappa shape index (κ3) is 5.96. The molecule has 6 nitrogen and oxygen atoms in total. The van der Waals surface area contributed by atoms with Crippen molar-refractivity contribution in [2.24, 2.45) is 0 Å². The van der Waals surface area contributed by atoms with Crippen LogP contribution in [0.25, 0.3) is 0 Å². The fraction of sp³-hybridized carbons (Fsp3) is 0.562. The molecule has 0 unspecified atom stereocenters. The Morgan fingerprint density at radius 1 is 1.33 bits per heavy atom. The first-order chi connectivity index (χ1) is 11.0. The molecule has 0 saturated carbocycles. The van der Waals surface area contributed by atoms with Gasteiger partial charge in [0.05, 0.1) is 11.9 Å². The van der Waals surface area contributed by atoms with E-state index < -0.39 is 16.1 Å². The van der Waals surface area contributed by atoms with Gasteiger partial charge in [-0.25, -0.2) is 8.42 Å². The molecule has 1 N–H and O–H groups in total. The molecule has 1 amide bonds. The summed E-state index contributed by atoms with van der Waals surface area (Å²) in [6.45, 7) is 4.69. The average Bonchev–Trinajstić information content (AvgIpc) is 2.45. The van der Waals surface area contributed by atoms with Crippen LogP contribution in [0.15, 0.2) is 18.2 Å². The van der Waals surface area contributed by atoms with Gasteiger partial charge in [-0.1, -0.05) is 17.7 Å². The molecule has 1 atom stereocenters. The van der Waals surface area contributed by atoms with E-state index >= 15 is 0 Å². The van der Waals surface area contributed by atoms with Crippen LogP contribution in [0.5, 0.6) is 0 Å². The van der Waals surface area contributed by atoms with E-state index in [1.165, 1.54) is 0 Å². The van der Waals surface area contributed by atoms with Gasteiger partial charge in [0.2, 0.25) is 15.9 Å². The first-order valence-electron chi connectivity index (χ1n) is 7.72. The van der Waals surface area contributed by atoms with Gasteiger partial charge in [-0.05, 0) is 58.6 Å². The second kappa shape index (κ2) is 8.69. The number of hydrogen-bond donors (Lipinski definition) is 1. The zero-order chi connectivity index (χ0) is 18.5. The summed E-state index contributed by atoms with van der Waals surface area (Å²) in [6.07, 6.45) is 1.88. The van der Waals surface area contributed by atoms with Gasteiger partial charge in [0.15, 0.2) is 0 Å². The normalized spacial score (nSPS) is 13.0. The Bertz CT molecular complexity index is 677. The molecule has 0 heterocycles. The van der Waals surface area contributed by atoms with E-state index in [0.29, 0.717) is 17.3 Å². The molecule has 0 aliphatic rings. The molecule has 0 bridgehead atoms. The van der Waals surface area contributed by atoms with Gasteiger partial charge >= 0.3 is 0 Å². The first kappa shape index (κ1) is 20.7. The maximum absolute atomic E-state index is 12.4. The molecule has 136 valence electrons. The van der Waals surface area contributed by atoms with Crippen LogP contribution in [0.3, 0.4) is 0 Å². The average molecular weight is 376 g/mol. The highest BCUT2D eigenvalue weighted by Gasteiger charge is 2.30.